The van der Waals surface area contributed by atoms with Gasteiger partial charge >= 0.3 is 5.97 Å². The van der Waals surface area contributed by atoms with E-state index in [1.165, 1.54) is 0 Å². The number of aliphatic hydroxyl groups is 1. The first-order valence-electron chi connectivity index (χ1n) is 6.26. The van der Waals surface area contributed by atoms with Crippen LogP contribution in [0.15, 0.2) is 0 Å². The fourth-order valence-electron chi connectivity index (χ4n) is 1.45. The average molecular weight is 248 g/mol. The lowest BCUT2D eigenvalue weighted by molar-refractivity contribution is -0.458. The van der Waals surface area contributed by atoms with Crippen molar-refractivity contribution < 1.29 is 19.3 Å². The fourth-order valence-corrected chi connectivity index (χ4v) is 1.45. The Hall–Kier alpha value is -0.160. The first kappa shape index (κ1) is 16.8. The topological polar surface area (TPSA) is 47.9 Å². The summed E-state index contributed by atoms with van der Waals surface area (Å²) >= 11 is 0. The Labute approximate surface area is 105 Å². The molecule has 0 aliphatic carbocycles. The van der Waals surface area contributed by atoms with Crippen LogP contribution in [0.1, 0.15) is 55.4 Å². The third kappa shape index (κ3) is 5.34. The molecule has 4 heteroatoms. The smallest absolute Gasteiger partial charge is 0.313 e. The molecule has 17 heavy (non-hydrogen) atoms. The van der Waals surface area contributed by atoms with Gasteiger partial charge in [0.15, 0.2) is 0 Å². The fraction of sp³-hybridized carbons (Fsp3) is 1.00. The van der Waals surface area contributed by atoms with Crippen LogP contribution in [0, 0.1) is 0 Å². The molecule has 0 fully saturated rings. The molecule has 0 amide bonds. The van der Waals surface area contributed by atoms with Crippen LogP contribution in [0.5, 0.6) is 0 Å². The molecule has 0 aromatic rings. The molecule has 0 saturated heterocycles. The van der Waals surface area contributed by atoms with Crippen molar-refractivity contribution in [2.24, 2.45) is 0 Å². The van der Waals surface area contributed by atoms with Gasteiger partial charge in [-0.3, -0.25) is 0 Å². The van der Waals surface area contributed by atoms with Crippen molar-refractivity contribution in [2.45, 2.75) is 85.3 Å². The minimum atomic E-state index is -1.44. The lowest BCUT2D eigenvalue weighted by atomic mass is 10.1. The van der Waals surface area contributed by atoms with Crippen LogP contribution >= 0.6 is 0 Å². The maximum Gasteiger partial charge on any atom is 0.313 e. The minimum Gasteiger partial charge on any atom is -0.382 e. The molecular formula is C13H28O4. The molecule has 1 N–H and O–H groups in total. The van der Waals surface area contributed by atoms with Crippen LogP contribution in [0.2, 0.25) is 0 Å². The lowest BCUT2D eigenvalue weighted by Crippen LogP contribution is -2.59. The molecule has 0 saturated carbocycles. The molecule has 0 radical (unpaired) electrons. The zero-order chi connectivity index (χ0) is 13.9. The van der Waals surface area contributed by atoms with Gasteiger partial charge in [-0.2, -0.15) is 0 Å². The van der Waals surface area contributed by atoms with E-state index in [2.05, 4.69) is 0 Å². The van der Waals surface area contributed by atoms with Gasteiger partial charge < -0.3 is 19.3 Å². The van der Waals surface area contributed by atoms with E-state index in [1.807, 2.05) is 41.5 Å². The van der Waals surface area contributed by atoms with Crippen molar-refractivity contribution >= 4 is 0 Å². The minimum absolute atomic E-state index is 0.112. The highest BCUT2D eigenvalue weighted by Gasteiger charge is 2.50. The van der Waals surface area contributed by atoms with E-state index >= 15 is 0 Å². The SMILES string of the molecule is CC(C)OC(OC(C)C)(OC(C)C)C(C)(C)O. The quantitative estimate of drug-likeness (QED) is 0.704. The molecule has 0 spiro atoms. The highest BCUT2D eigenvalue weighted by Crippen LogP contribution is 2.33. The van der Waals surface area contributed by atoms with Gasteiger partial charge in [0.05, 0.1) is 18.3 Å². The summed E-state index contributed by atoms with van der Waals surface area (Å²) in [6.07, 6.45) is -0.336. The highest BCUT2D eigenvalue weighted by atomic mass is 16.9. The zero-order valence-electron chi connectivity index (χ0n) is 12.4. The van der Waals surface area contributed by atoms with Crippen molar-refractivity contribution in [3.8, 4) is 0 Å². The van der Waals surface area contributed by atoms with Crippen LogP contribution in [0.4, 0.5) is 0 Å². The van der Waals surface area contributed by atoms with Gasteiger partial charge in [0, 0.05) is 0 Å². The van der Waals surface area contributed by atoms with Gasteiger partial charge in [0.2, 0.25) is 0 Å². The summed E-state index contributed by atoms with van der Waals surface area (Å²) < 4.78 is 17.2. The summed E-state index contributed by atoms with van der Waals surface area (Å²) in [4.78, 5) is 0. The van der Waals surface area contributed by atoms with Crippen molar-refractivity contribution in [1.29, 1.82) is 0 Å². The molecule has 0 aliphatic heterocycles. The maximum absolute atomic E-state index is 10.3. The van der Waals surface area contributed by atoms with Crippen LogP contribution in [0.25, 0.3) is 0 Å². The second kappa shape index (κ2) is 6.14. The first-order chi connectivity index (χ1) is 7.50. The molecule has 0 aromatic carbocycles. The van der Waals surface area contributed by atoms with Crippen molar-refractivity contribution in [1.82, 2.24) is 0 Å². The zero-order valence-corrected chi connectivity index (χ0v) is 12.4. The van der Waals surface area contributed by atoms with Gasteiger partial charge in [-0.25, -0.2) is 0 Å². The van der Waals surface area contributed by atoms with Crippen LogP contribution in [0.3, 0.4) is 0 Å². The third-order valence-electron chi connectivity index (χ3n) is 1.92. The monoisotopic (exact) mass is 248 g/mol. The molecule has 0 rings (SSSR count). The Morgan fingerprint density at radius 1 is 0.706 bits per heavy atom. The number of hydrogen-bond acceptors (Lipinski definition) is 4. The van der Waals surface area contributed by atoms with Crippen molar-refractivity contribution in [3.63, 3.8) is 0 Å². The summed E-state index contributed by atoms with van der Waals surface area (Å²) in [7, 11) is 0. The summed E-state index contributed by atoms with van der Waals surface area (Å²) in [6, 6.07) is 0. The number of rotatable bonds is 7. The summed E-state index contributed by atoms with van der Waals surface area (Å²) in [5, 5.41) is 10.3. The van der Waals surface area contributed by atoms with Crippen LogP contribution in [-0.2, 0) is 14.2 Å². The van der Waals surface area contributed by atoms with Gasteiger partial charge in [0.1, 0.15) is 5.60 Å². The number of hydrogen-bond donors (Lipinski definition) is 1. The largest absolute Gasteiger partial charge is 0.382 e. The molecule has 0 unspecified atom stereocenters. The molecule has 0 heterocycles. The Morgan fingerprint density at radius 2 is 0.941 bits per heavy atom. The second-order valence-corrected chi connectivity index (χ2v) is 5.62. The van der Waals surface area contributed by atoms with Crippen LogP contribution in [-0.4, -0.2) is 35.0 Å². The Morgan fingerprint density at radius 3 is 1.06 bits per heavy atom. The van der Waals surface area contributed by atoms with E-state index in [9.17, 15) is 5.11 Å². The van der Waals surface area contributed by atoms with Gasteiger partial charge in [-0.05, 0) is 55.4 Å². The van der Waals surface area contributed by atoms with Crippen LogP contribution < -0.4 is 0 Å². The second-order valence-electron chi connectivity index (χ2n) is 5.62. The molecule has 0 aromatic heterocycles. The van der Waals surface area contributed by atoms with Gasteiger partial charge in [-0.15, -0.1) is 0 Å². The van der Waals surface area contributed by atoms with E-state index in [0.29, 0.717) is 0 Å². The molecular weight excluding hydrogens is 220 g/mol. The molecule has 0 bridgehead atoms. The molecule has 104 valence electrons. The van der Waals surface area contributed by atoms with Crippen molar-refractivity contribution in [2.75, 3.05) is 0 Å². The standard InChI is InChI=1S/C13H28O4/c1-9(2)15-13(12(7,8)14,16-10(3)4)17-11(5)6/h9-11,14H,1-8H3. The van der Waals surface area contributed by atoms with E-state index in [1.54, 1.807) is 13.8 Å². The normalized spacial score (nSPS) is 14.1. The molecule has 0 aliphatic rings. The first-order valence-corrected chi connectivity index (χ1v) is 6.26. The lowest BCUT2D eigenvalue weighted by Gasteiger charge is -2.44. The van der Waals surface area contributed by atoms with E-state index in [-0.39, 0.29) is 18.3 Å². The molecule has 0 atom stereocenters. The summed E-state index contributed by atoms with van der Waals surface area (Å²) in [6.45, 7) is 14.5. The third-order valence-corrected chi connectivity index (χ3v) is 1.92. The Bertz CT molecular complexity index is 189. The van der Waals surface area contributed by atoms with Gasteiger partial charge in [-0.1, -0.05) is 0 Å². The predicted octanol–water partition coefficient (Wildman–Crippen LogP) is 2.69. The Balaban J connectivity index is 5.20. The maximum atomic E-state index is 10.3. The van der Waals surface area contributed by atoms with E-state index in [4.69, 9.17) is 14.2 Å². The Kier molecular flexibility index (Phi) is 6.08. The highest BCUT2D eigenvalue weighted by molar-refractivity contribution is 4.82. The number of ether oxygens (including phenoxy) is 3. The van der Waals surface area contributed by atoms with E-state index < -0.39 is 11.6 Å². The van der Waals surface area contributed by atoms with E-state index in [0.717, 1.165) is 0 Å². The molecule has 4 nitrogen and oxygen atoms in total. The average Bonchev–Trinajstić information content (AvgIpc) is 1.96. The summed E-state index contributed by atoms with van der Waals surface area (Å²) in [5.74, 6) is -1.44. The summed E-state index contributed by atoms with van der Waals surface area (Å²) in [5.41, 5.74) is -1.26. The van der Waals surface area contributed by atoms with Gasteiger partial charge in [0.25, 0.3) is 0 Å². The predicted molar refractivity (Wildman–Crippen MR) is 67.7 cm³/mol. The van der Waals surface area contributed by atoms with Crippen molar-refractivity contribution in [3.05, 3.63) is 0 Å².